The first kappa shape index (κ1) is 42.1. The monoisotopic (exact) mass is 900 g/mol. The van der Waals surface area contributed by atoms with Gasteiger partial charge in [-0.3, -0.25) is 28.2 Å². The number of hydrogen-bond donors (Lipinski definition) is 2. The summed E-state index contributed by atoms with van der Waals surface area (Å²) in [5.74, 6) is -9.66. The van der Waals surface area contributed by atoms with Crippen LogP contribution in [-0.4, -0.2) is 55.9 Å². The third-order valence-electron chi connectivity index (χ3n) is 10.6. The van der Waals surface area contributed by atoms with Crippen molar-refractivity contribution in [1.29, 1.82) is 0 Å². The molecule has 3 atom stereocenters. The highest BCUT2D eigenvalue weighted by atomic mass is 35.5. The Labute approximate surface area is 343 Å². The summed E-state index contributed by atoms with van der Waals surface area (Å²) in [7, 11) is -2.58. The Bertz CT molecular complexity index is 2950. The van der Waals surface area contributed by atoms with Crippen LogP contribution in [0.5, 0.6) is 0 Å². The van der Waals surface area contributed by atoms with Gasteiger partial charge < -0.3 is 5.32 Å². The second kappa shape index (κ2) is 14.8. The van der Waals surface area contributed by atoms with Crippen LogP contribution in [0, 0.1) is 17.6 Å². The van der Waals surface area contributed by atoms with E-state index in [4.69, 9.17) is 11.6 Å². The lowest BCUT2D eigenvalue weighted by atomic mass is 10.0. The Hall–Kier alpha value is -5.64. The molecule has 3 aromatic heterocycles. The number of carbonyl (C=O) groups excluding carboxylic acids is 1. The Morgan fingerprint density at radius 3 is 2.39 bits per heavy atom. The molecule has 2 aliphatic rings. The van der Waals surface area contributed by atoms with E-state index in [1.807, 2.05) is 0 Å². The lowest BCUT2D eigenvalue weighted by molar-refractivity contribution is -0.134. The van der Waals surface area contributed by atoms with E-state index < -0.39 is 113 Å². The number of fused-ring (bicyclic) bond motifs is 5. The van der Waals surface area contributed by atoms with Crippen LogP contribution >= 0.6 is 11.6 Å². The molecule has 322 valence electrons. The van der Waals surface area contributed by atoms with Gasteiger partial charge in [0.25, 0.3) is 17.9 Å². The van der Waals surface area contributed by atoms with Crippen LogP contribution in [0.4, 0.5) is 45.3 Å². The van der Waals surface area contributed by atoms with Crippen molar-refractivity contribution in [2.75, 3.05) is 11.0 Å². The van der Waals surface area contributed by atoms with E-state index in [0.29, 0.717) is 10.7 Å². The van der Waals surface area contributed by atoms with E-state index >= 15 is 8.78 Å². The van der Waals surface area contributed by atoms with Crippen molar-refractivity contribution in [3.63, 3.8) is 0 Å². The standard InChI is InChI=1S/C38H30ClF9N8O4S/c1-54-31-26(6-5-23(39)29(31)34(52-54)53-61(2,59)60)56-35(50-24-11-16(7-8-37(44,45)46)3-4-20(24)36(56)58)25(12-17-9-18(40)13-19(41)10-17)49-27(57)15-55-32-28(30(51-55)33(42)43)21-14-22(21)38(32,47)48/h3-6,9-11,13,21-22,25,33H,7-8,12,14-15H2,1-2H3,(H,49,57)(H,52,53)/t21-,22+,25-/m0/s1. The first-order valence-corrected chi connectivity index (χ1v) is 20.5. The van der Waals surface area contributed by atoms with E-state index in [2.05, 4.69) is 25.2 Å². The molecule has 0 spiro atoms. The van der Waals surface area contributed by atoms with Crippen LogP contribution in [-0.2, 0) is 47.2 Å². The second-order valence-electron chi connectivity index (χ2n) is 15.0. The number of aromatic nitrogens is 6. The maximum Gasteiger partial charge on any atom is 0.389 e. The summed E-state index contributed by atoms with van der Waals surface area (Å²) < 4.78 is 157. The molecule has 3 heterocycles. The number of nitrogens with one attached hydrogen (secondary N) is 2. The minimum Gasteiger partial charge on any atom is -0.344 e. The topological polar surface area (TPSA) is 146 Å². The Morgan fingerprint density at radius 1 is 1.03 bits per heavy atom. The SMILES string of the molecule is Cn1nc(NS(C)(=O)=O)c2c(Cl)ccc(-n3c([C@H](Cc4cc(F)cc(F)c4)NC(=O)Cn4nc(C(F)F)c5c4C(F)(F)[C@@H]4C[C@H]54)nc4cc(CCC(F)(F)F)ccc4c3=O)c21. The van der Waals surface area contributed by atoms with Crippen LogP contribution in [0.25, 0.3) is 27.5 Å². The van der Waals surface area contributed by atoms with Gasteiger partial charge in [0.15, 0.2) is 5.82 Å². The maximum atomic E-state index is 15.4. The molecule has 0 radical (unpaired) electrons. The summed E-state index contributed by atoms with van der Waals surface area (Å²) in [5, 5.41) is 10.2. The van der Waals surface area contributed by atoms with E-state index in [-0.39, 0.29) is 61.4 Å². The van der Waals surface area contributed by atoms with Gasteiger partial charge in [-0.15, -0.1) is 0 Å². The highest BCUT2D eigenvalue weighted by molar-refractivity contribution is 7.92. The van der Waals surface area contributed by atoms with Gasteiger partial charge in [-0.1, -0.05) is 17.7 Å². The molecule has 2 aliphatic carbocycles. The van der Waals surface area contributed by atoms with Gasteiger partial charge in [0.1, 0.15) is 35.4 Å². The van der Waals surface area contributed by atoms with Crippen molar-refractivity contribution >= 4 is 55.2 Å². The van der Waals surface area contributed by atoms with Gasteiger partial charge in [0, 0.05) is 37.4 Å². The third-order valence-corrected chi connectivity index (χ3v) is 11.4. The van der Waals surface area contributed by atoms with Gasteiger partial charge >= 0.3 is 6.18 Å². The van der Waals surface area contributed by atoms with Crippen LogP contribution in [0.3, 0.4) is 0 Å². The lowest BCUT2D eigenvalue weighted by Crippen LogP contribution is -2.38. The fourth-order valence-electron chi connectivity index (χ4n) is 8.07. The summed E-state index contributed by atoms with van der Waals surface area (Å²) in [6.45, 7) is -1.06. The highest BCUT2D eigenvalue weighted by Crippen LogP contribution is 2.68. The van der Waals surface area contributed by atoms with Crippen molar-refractivity contribution in [1.82, 2.24) is 34.4 Å². The molecule has 0 saturated heterocycles. The number of halogens is 10. The summed E-state index contributed by atoms with van der Waals surface area (Å²) in [6, 6.07) is 7.02. The largest absolute Gasteiger partial charge is 0.389 e. The van der Waals surface area contributed by atoms with E-state index in [9.17, 15) is 48.7 Å². The summed E-state index contributed by atoms with van der Waals surface area (Å²) in [4.78, 5) is 33.4. The molecule has 0 bridgehead atoms. The van der Waals surface area contributed by atoms with Gasteiger partial charge in [-0.25, -0.2) is 31.0 Å². The Morgan fingerprint density at radius 2 is 1.74 bits per heavy atom. The summed E-state index contributed by atoms with van der Waals surface area (Å²) in [6.07, 6.45) is -9.32. The molecule has 0 aliphatic heterocycles. The van der Waals surface area contributed by atoms with Crippen molar-refractivity contribution in [2.45, 2.75) is 62.7 Å². The van der Waals surface area contributed by atoms with Gasteiger partial charge in [-0.2, -0.15) is 32.1 Å². The first-order chi connectivity index (χ1) is 28.5. The lowest BCUT2D eigenvalue weighted by Gasteiger charge is -2.24. The van der Waals surface area contributed by atoms with Gasteiger partial charge in [0.2, 0.25) is 15.9 Å². The number of alkyl halides is 7. The van der Waals surface area contributed by atoms with E-state index in [1.165, 1.54) is 42.1 Å². The minimum absolute atomic E-state index is 0.0123. The fourth-order valence-corrected chi connectivity index (χ4v) is 8.80. The normalized spacial score (nSPS) is 17.5. The van der Waals surface area contributed by atoms with E-state index in [1.54, 1.807) is 0 Å². The number of hydrogen-bond acceptors (Lipinski definition) is 7. The zero-order valence-electron chi connectivity index (χ0n) is 31.5. The molecule has 3 aromatic carbocycles. The van der Waals surface area contributed by atoms with Crippen molar-refractivity contribution < 1.29 is 52.7 Å². The van der Waals surface area contributed by atoms with Crippen molar-refractivity contribution in [2.24, 2.45) is 13.0 Å². The summed E-state index contributed by atoms with van der Waals surface area (Å²) >= 11 is 6.55. The number of nitrogens with zero attached hydrogens (tertiary/aromatic N) is 6. The zero-order chi connectivity index (χ0) is 44.1. The van der Waals surface area contributed by atoms with Crippen LogP contribution in [0.2, 0.25) is 5.02 Å². The van der Waals surface area contributed by atoms with Crippen LogP contribution in [0.1, 0.15) is 65.1 Å². The Balaban J connectivity index is 1.33. The number of sulfonamides is 1. The molecule has 2 N–H and O–H groups in total. The average molecular weight is 901 g/mol. The van der Waals surface area contributed by atoms with Crippen LogP contribution < -0.4 is 15.6 Å². The van der Waals surface area contributed by atoms with Crippen LogP contribution in [0.15, 0.2) is 53.3 Å². The maximum absolute atomic E-state index is 15.4. The van der Waals surface area contributed by atoms with Gasteiger partial charge in [-0.05, 0) is 66.3 Å². The molecular formula is C38H30ClF9N8O4S. The predicted octanol–water partition coefficient (Wildman–Crippen LogP) is 7.51. The minimum atomic E-state index is -4.55. The molecule has 6 aromatic rings. The average Bonchev–Trinajstić information content (AvgIpc) is 3.68. The first-order valence-electron chi connectivity index (χ1n) is 18.3. The molecule has 1 fully saturated rings. The summed E-state index contributed by atoms with van der Waals surface area (Å²) in [5.41, 5.74) is -3.29. The third kappa shape index (κ3) is 7.90. The molecule has 1 amide bonds. The molecular weight excluding hydrogens is 871 g/mol. The highest BCUT2D eigenvalue weighted by Gasteiger charge is 2.67. The molecule has 61 heavy (non-hydrogen) atoms. The second-order valence-corrected chi connectivity index (χ2v) is 17.1. The number of aryl methyl sites for hydroxylation is 2. The molecule has 12 nitrogen and oxygen atoms in total. The number of carbonyl (C=O) groups is 1. The molecule has 1 saturated carbocycles. The quantitative estimate of drug-likeness (QED) is 0.121. The molecule has 0 unspecified atom stereocenters. The zero-order valence-corrected chi connectivity index (χ0v) is 33.0. The smallest absolute Gasteiger partial charge is 0.344 e. The molecule has 23 heteroatoms. The van der Waals surface area contributed by atoms with Gasteiger partial charge in [0.05, 0.1) is 44.8 Å². The number of rotatable bonds is 12. The predicted molar refractivity (Wildman–Crippen MR) is 202 cm³/mol. The van der Waals surface area contributed by atoms with E-state index in [0.717, 1.165) is 23.0 Å². The fraction of sp³-hybridized carbons (Fsp3) is 0.342. The van der Waals surface area contributed by atoms with Crippen molar-refractivity contribution in [3.8, 4) is 5.69 Å². The number of amides is 1. The number of benzene rings is 3. The van der Waals surface area contributed by atoms with Crippen molar-refractivity contribution in [3.05, 3.63) is 109 Å². The Kier molecular flexibility index (Phi) is 10.2. The molecule has 8 rings (SSSR count). The number of anilines is 1.